The van der Waals surface area contributed by atoms with Crippen LogP contribution in [0.4, 0.5) is 11.5 Å². The number of carbonyl (C=O) groups is 1. The summed E-state index contributed by atoms with van der Waals surface area (Å²) in [6.07, 6.45) is 2.46. The number of hydrogen-bond donors (Lipinski definition) is 2. The SMILES string of the molecule is CCc1cccc(N[C@@H](C)C(=O)Nc2ccc(Cl)cn2)c1. The molecule has 21 heavy (non-hydrogen) atoms. The summed E-state index contributed by atoms with van der Waals surface area (Å²) in [7, 11) is 0. The van der Waals surface area contributed by atoms with Crippen molar-refractivity contribution < 1.29 is 4.79 Å². The minimum atomic E-state index is -0.366. The molecule has 1 atom stereocenters. The summed E-state index contributed by atoms with van der Waals surface area (Å²) in [6, 6.07) is 11.0. The summed E-state index contributed by atoms with van der Waals surface area (Å²) in [4.78, 5) is 16.2. The molecule has 0 spiro atoms. The van der Waals surface area contributed by atoms with Crippen molar-refractivity contribution in [3.63, 3.8) is 0 Å². The zero-order valence-electron chi connectivity index (χ0n) is 12.1. The van der Waals surface area contributed by atoms with Crippen LogP contribution in [-0.2, 0) is 11.2 Å². The molecule has 110 valence electrons. The first-order valence-electron chi connectivity index (χ1n) is 6.86. The van der Waals surface area contributed by atoms with Gasteiger partial charge in [0.1, 0.15) is 11.9 Å². The number of aromatic nitrogens is 1. The number of rotatable bonds is 5. The van der Waals surface area contributed by atoms with Gasteiger partial charge in [-0.1, -0.05) is 30.7 Å². The molecule has 0 aliphatic rings. The van der Waals surface area contributed by atoms with Crippen LogP contribution in [0.15, 0.2) is 42.6 Å². The van der Waals surface area contributed by atoms with Crippen LogP contribution in [0, 0.1) is 0 Å². The molecule has 0 unspecified atom stereocenters. The zero-order valence-corrected chi connectivity index (χ0v) is 12.8. The Morgan fingerprint density at radius 1 is 1.33 bits per heavy atom. The van der Waals surface area contributed by atoms with Crippen LogP contribution in [0.2, 0.25) is 5.02 Å². The molecule has 1 heterocycles. The normalized spacial score (nSPS) is 11.8. The fraction of sp³-hybridized carbons (Fsp3) is 0.250. The molecule has 4 nitrogen and oxygen atoms in total. The average Bonchev–Trinajstić information content (AvgIpc) is 2.49. The molecule has 1 aromatic heterocycles. The van der Waals surface area contributed by atoms with Gasteiger partial charge in [0, 0.05) is 11.9 Å². The van der Waals surface area contributed by atoms with Crippen molar-refractivity contribution in [3.05, 3.63) is 53.2 Å². The number of pyridine rings is 1. The Morgan fingerprint density at radius 2 is 2.14 bits per heavy atom. The van der Waals surface area contributed by atoms with Gasteiger partial charge in [-0.3, -0.25) is 4.79 Å². The molecule has 5 heteroatoms. The third-order valence-electron chi connectivity index (χ3n) is 3.09. The number of hydrogen-bond acceptors (Lipinski definition) is 3. The van der Waals surface area contributed by atoms with Crippen molar-refractivity contribution >= 4 is 29.0 Å². The first-order valence-corrected chi connectivity index (χ1v) is 7.24. The maximum Gasteiger partial charge on any atom is 0.247 e. The van der Waals surface area contributed by atoms with Crippen LogP contribution >= 0.6 is 11.6 Å². The summed E-state index contributed by atoms with van der Waals surface area (Å²) < 4.78 is 0. The maximum atomic E-state index is 12.1. The first-order chi connectivity index (χ1) is 10.1. The molecule has 0 aliphatic carbocycles. The molecule has 2 rings (SSSR count). The van der Waals surface area contributed by atoms with Crippen molar-refractivity contribution in [2.75, 3.05) is 10.6 Å². The van der Waals surface area contributed by atoms with Crippen LogP contribution in [0.1, 0.15) is 19.4 Å². The molecular weight excluding hydrogens is 286 g/mol. The van der Waals surface area contributed by atoms with E-state index < -0.39 is 0 Å². The van der Waals surface area contributed by atoms with Crippen molar-refractivity contribution in [2.45, 2.75) is 26.3 Å². The number of amides is 1. The van der Waals surface area contributed by atoms with Gasteiger partial charge < -0.3 is 10.6 Å². The van der Waals surface area contributed by atoms with Gasteiger partial charge in [-0.25, -0.2) is 4.98 Å². The monoisotopic (exact) mass is 303 g/mol. The van der Waals surface area contributed by atoms with E-state index in [1.807, 2.05) is 25.1 Å². The minimum Gasteiger partial charge on any atom is -0.374 e. The Balaban J connectivity index is 1.97. The van der Waals surface area contributed by atoms with Crippen LogP contribution in [0.3, 0.4) is 0 Å². The highest BCUT2D eigenvalue weighted by Crippen LogP contribution is 2.13. The minimum absolute atomic E-state index is 0.147. The maximum absolute atomic E-state index is 12.1. The van der Waals surface area contributed by atoms with Crippen molar-refractivity contribution in [2.24, 2.45) is 0 Å². The van der Waals surface area contributed by atoms with Gasteiger partial charge in [-0.05, 0) is 43.2 Å². The first kappa shape index (κ1) is 15.3. The van der Waals surface area contributed by atoms with Crippen LogP contribution in [0.5, 0.6) is 0 Å². The number of carbonyl (C=O) groups excluding carboxylic acids is 1. The second kappa shape index (κ2) is 7.09. The fourth-order valence-corrected chi connectivity index (χ4v) is 1.99. The lowest BCUT2D eigenvalue weighted by atomic mass is 10.1. The Labute approximate surface area is 129 Å². The van der Waals surface area contributed by atoms with Crippen LogP contribution in [0.25, 0.3) is 0 Å². The second-order valence-electron chi connectivity index (χ2n) is 4.77. The summed E-state index contributed by atoms with van der Waals surface area (Å²) in [5.74, 6) is 0.340. The van der Waals surface area contributed by atoms with Gasteiger partial charge in [-0.15, -0.1) is 0 Å². The van der Waals surface area contributed by atoms with Gasteiger partial charge in [0.25, 0.3) is 0 Å². The topological polar surface area (TPSA) is 54.0 Å². The van der Waals surface area contributed by atoms with E-state index in [9.17, 15) is 4.79 Å². The molecule has 0 fully saturated rings. The lowest BCUT2D eigenvalue weighted by Gasteiger charge is -2.15. The van der Waals surface area contributed by atoms with Crippen LogP contribution in [-0.4, -0.2) is 16.9 Å². The third-order valence-corrected chi connectivity index (χ3v) is 3.31. The highest BCUT2D eigenvalue weighted by molar-refractivity contribution is 6.30. The van der Waals surface area contributed by atoms with Gasteiger partial charge in [0.2, 0.25) is 5.91 Å². The van der Waals surface area contributed by atoms with E-state index in [2.05, 4.69) is 28.6 Å². The molecular formula is C16H18ClN3O. The second-order valence-corrected chi connectivity index (χ2v) is 5.21. The van der Waals surface area contributed by atoms with Crippen molar-refractivity contribution in [1.29, 1.82) is 0 Å². The number of nitrogens with zero attached hydrogens (tertiary/aromatic N) is 1. The van der Waals surface area contributed by atoms with Gasteiger partial charge in [0.15, 0.2) is 0 Å². The fourth-order valence-electron chi connectivity index (χ4n) is 1.88. The Bertz CT molecular complexity index is 613. The highest BCUT2D eigenvalue weighted by atomic mass is 35.5. The molecule has 0 saturated heterocycles. The van der Waals surface area contributed by atoms with Crippen LogP contribution < -0.4 is 10.6 Å². The number of anilines is 2. The van der Waals surface area contributed by atoms with E-state index in [4.69, 9.17) is 11.6 Å². The Hall–Kier alpha value is -2.07. The summed E-state index contributed by atoms with van der Waals surface area (Å²) >= 11 is 5.76. The smallest absolute Gasteiger partial charge is 0.247 e. The predicted molar refractivity (Wildman–Crippen MR) is 86.8 cm³/mol. The average molecular weight is 304 g/mol. The largest absolute Gasteiger partial charge is 0.374 e. The van der Waals surface area contributed by atoms with E-state index in [0.29, 0.717) is 10.8 Å². The molecule has 0 saturated carbocycles. The Morgan fingerprint density at radius 3 is 2.81 bits per heavy atom. The quantitative estimate of drug-likeness (QED) is 0.885. The summed E-state index contributed by atoms with van der Waals surface area (Å²) in [6.45, 7) is 3.91. The molecule has 1 aromatic carbocycles. The molecule has 2 aromatic rings. The number of benzene rings is 1. The highest BCUT2D eigenvalue weighted by Gasteiger charge is 2.13. The van der Waals surface area contributed by atoms with E-state index in [-0.39, 0.29) is 11.9 Å². The summed E-state index contributed by atoms with van der Waals surface area (Å²) in [5.41, 5.74) is 2.16. The van der Waals surface area contributed by atoms with E-state index in [0.717, 1.165) is 12.1 Å². The number of nitrogens with one attached hydrogen (secondary N) is 2. The molecule has 0 radical (unpaired) electrons. The lowest BCUT2D eigenvalue weighted by Crippen LogP contribution is -2.32. The standard InChI is InChI=1S/C16H18ClN3O/c1-3-12-5-4-6-14(9-12)19-11(2)16(21)20-15-8-7-13(17)10-18-15/h4-11,19H,3H2,1-2H3,(H,18,20,21)/t11-/m0/s1. The van der Waals surface area contributed by atoms with Crippen molar-refractivity contribution in [1.82, 2.24) is 4.98 Å². The predicted octanol–water partition coefficient (Wildman–Crippen LogP) is 3.74. The van der Waals surface area contributed by atoms with E-state index in [1.165, 1.54) is 11.8 Å². The van der Waals surface area contributed by atoms with Gasteiger partial charge >= 0.3 is 0 Å². The van der Waals surface area contributed by atoms with E-state index in [1.54, 1.807) is 12.1 Å². The van der Waals surface area contributed by atoms with Gasteiger partial charge in [0.05, 0.1) is 5.02 Å². The molecule has 1 amide bonds. The summed E-state index contributed by atoms with van der Waals surface area (Å²) in [5, 5.41) is 6.47. The molecule has 2 N–H and O–H groups in total. The third kappa shape index (κ3) is 4.46. The number of aryl methyl sites for hydroxylation is 1. The van der Waals surface area contributed by atoms with E-state index >= 15 is 0 Å². The molecule has 0 aliphatic heterocycles. The van der Waals surface area contributed by atoms with Crippen molar-refractivity contribution in [3.8, 4) is 0 Å². The number of halogens is 1. The molecule has 0 bridgehead atoms. The zero-order chi connectivity index (χ0) is 15.2. The lowest BCUT2D eigenvalue weighted by molar-refractivity contribution is -0.116. The van der Waals surface area contributed by atoms with Gasteiger partial charge in [-0.2, -0.15) is 0 Å². The Kier molecular flexibility index (Phi) is 5.17.